The predicted molar refractivity (Wildman–Crippen MR) is 95.7 cm³/mol. The number of benzene rings is 1. The van der Waals surface area contributed by atoms with Crippen LogP contribution in [0, 0.1) is 11.8 Å². The molecule has 2 bridgehead atoms. The first-order valence-electron chi connectivity index (χ1n) is 8.86. The lowest BCUT2D eigenvalue weighted by atomic mass is 9.82. The number of rotatable bonds is 4. The van der Waals surface area contributed by atoms with Crippen molar-refractivity contribution in [2.24, 2.45) is 11.8 Å². The van der Waals surface area contributed by atoms with E-state index < -0.39 is 30.0 Å². The first kappa shape index (κ1) is 17.5. The van der Waals surface area contributed by atoms with Gasteiger partial charge in [0.25, 0.3) is 0 Å². The zero-order valence-corrected chi connectivity index (χ0v) is 15.0. The molecule has 26 heavy (non-hydrogen) atoms. The van der Waals surface area contributed by atoms with Crippen LogP contribution in [0.3, 0.4) is 0 Å². The van der Waals surface area contributed by atoms with Gasteiger partial charge >= 0.3 is 5.97 Å². The molecule has 0 unspecified atom stereocenters. The Hall–Kier alpha value is -1.89. The molecule has 4 rings (SSSR count). The van der Waals surface area contributed by atoms with E-state index in [4.69, 9.17) is 16.3 Å². The number of aliphatic carboxylic acids is 1. The third-order valence-corrected chi connectivity index (χ3v) is 5.87. The molecule has 2 saturated heterocycles. The average molecular weight is 377 g/mol. The molecule has 2 fully saturated rings. The van der Waals surface area contributed by atoms with Crippen molar-refractivity contribution in [3.05, 3.63) is 47.0 Å². The number of carbonyl (C=O) groups excluding carboxylic acids is 1. The van der Waals surface area contributed by atoms with Crippen molar-refractivity contribution in [2.75, 3.05) is 26.2 Å². The summed E-state index contributed by atoms with van der Waals surface area (Å²) in [5.41, 5.74) is 1.08. The zero-order valence-electron chi connectivity index (χ0n) is 14.3. The standard InChI is InChI=1S/C19H21ClN2O4/c20-13-4-2-1-3-12(13)11-21-7-9-22(10-8-21)18(23)16-14-5-6-15(26-14)17(16)19(24)25/h1-6,14-17H,7-11H2,(H,24,25)/t14-,15+,16-,17+/m1/s1. The highest BCUT2D eigenvalue weighted by molar-refractivity contribution is 6.31. The molecule has 6 nitrogen and oxygen atoms in total. The molecule has 3 aliphatic heterocycles. The summed E-state index contributed by atoms with van der Waals surface area (Å²) in [6, 6.07) is 7.77. The van der Waals surface area contributed by atoms with E-state index in [1.807, 2.05) is 30.3 Å². The Morgan fingerprint density at radius 1 is 1.08 bits per heavy atom. The molecule has 0 aliphatic carbocycles. The number of carboxylic acids is 1. The molecule has 1 amide bonds. The number of halogens is 1. The Balaban J connectivity index is 1.37. The number of nitrogens with zero attached hydrogens (tertiary/aromatic N) is 2. The highest BCUT2D eigenvalue weighted by Crippen LogP contribution is 2.40. The van der Waals surface area contributed by atoms with E-state index in [0.717, 1.165) is 30.2 Å². The molecule has 3 aliphatic rings. The molecule has 4 atom stereocenters. The Morgan fingerprint density at radius 3 is 2.38 bits per heavy atom. The summed E-state index contributed by atoms with van der Waals surface area (Å²) in [7, 11) is 0. The fourth-order valence-electron chi connectivity index (χ4n) is 4.10. The molecule has 1 aromatic carbocycles. The van der Waals surface area contributed by atoms with Crippen LogP contribution in [0.5, 0.6) is 0 Å². The fraction of sp³-hybridized carbons (Fsp3) is 0.474. The minimum Gasteiger partial charge on any atom is -0.481 e. The van der Waals surface area contributed by atoms with Gasteiger partial charge in [0.05, 0.1) is 18.1 Å². The van der Waals surface area contributed by atoms with Crippen molar-refractivity contribution in [3.63, 3.8) is 0 Å². The Morgan fingerprint density at radius 2 is 1.73 bits per heavy atom. The third kappa shape index (κ3) is 3.13. The fourth-order valence-corrected chi connectivity index (χ4v) is 4.30. The average Bonchev–Trinajstić information content (AvgIpc) is 3.25. The molecule has 0 radical (unpaired) electrons. The van der Waals surface area contributed by atoms with Crippen molar-refractivity contribution in [1.82, 2.24) is 9.80 Å². The van der Waals surface area contributed by atoms with Crippen LogP contribution in [-0.2, 0) is 20.9 Å². The Bertz CT molecular complexity index is 745. The Kier molecular flexibility index (Phi) is 4.73. The minimum absolute atomic E-state index is 0.105. The molecule has 7 heteroatoms. The highest BCUT2D eigenvalue weighted by Gasteiger charge is 2.54. The third-order valence-electron chi connectivity index (χ3n) is 5.51. The number of hydrogen-bond acceptors (Lipinski definition) is 4. The molecule has 0 spiro atoms. The SMILES string of the molecule is O=C(O)[C@@H]1[C@H](C(=O)N2CCN(Cc3ccccc3Cl)CC2)[C@H]2C=C[C@@H]1O2. The van der Waals surface area contributed by atoms with Gasteiger partial charge in [-0.1, -0.05) is 42.0 Å². The maximum absolute atomic E-state index is 12.9. The van der Waals surface area contributed by atoms with Crippen LogP contribution in [0.4, 0.5) is 0 Å². The number of fused-ring (bicyclic) bond motifs is 2. The van der Waals surface area contributed by atoms with Crippen molar-refractivity contribution >= 4 is 23.5 Å². The molecular formula is C19H21ClN2O4. The molecule has 138 valence electrons. The van der Waals surface area contributed by atoms with Gasteiger partial charge in [0.2, 0.25) is 5.91 Å². The number of piperazine rings is 1. The monoisotopic (exact) mass is 376 g/mol. The molecular weight excluding hydrogens is 356 g/mol. The number of carboxylic acid groups (broad SMARTS) is 1. The maximum atomic E-state index is 12.9. The predicted octanol–water partition coefficient (Wildman–Crippen LogP) is 1.64. The van der Waals surface area contributed by atoms with E-state index in [9.17, 15) is 14.7 Å². The smallest absolute Gasteiger partial charge is 0.310 e. The summed E-state index contributed by atoms with van der Waals surface area (Å²) < 4.78 is 5.62. The zero-order chi connectivity index (χ0) is 18.3. The van der Waals surface area contributed by atoms with Gasteiger partial charge in [0.15, 0.2) is 0 Å². The summed E-state index contributed by atoms with van der Waals surface area (Å²) in [6.45, 7) is 3.41. The van der Waals surface area contributed by atoms with Gasteiger partial charge in [-0.15, -0.1) is 0 Å². The molecule has 1 N–H and O–H groups in total. The Labute approximate surface area is 157 Å². The van der Waals surface area contributed by atoms with Gasteiger partial charge in [-0.25, -0.2) is 0 Å². The number of amides is 1. The second-order valence-corrected chi connectivity index (χ2v) is 7.44. The number of ether oxygens (including phenoxy) is 1. The van der Waals surface area contributed by atoms with E-state index in [1.54, 1.807) is 11.0 Å². The van der Waals surface area contributed by atoms with E-state index in [-0.39, 0.29) is 5.91 Å². The van der Waals surface area contributed by atoms with Crippen molar-refractivity contribution in [3.8, 4) is 0 Å². The first-order valence-corrected chi connectivity index (χ1v) is 9.23. The van der Waals surface area contributed by atoms with Crippen LogP contribution in [0.25, 0.3) is 0 Å². The molecule has 0 saturated carbocycles. The normalized spacial score (nSPS) is 30.7. The second kappa shape index (κ2) is 7.02. The second-order valence-electron chi connectivity index (χ2n) is 7.03. The quantitative estimate of drug-likeness (QED) is 0.809. The van der Waals surface area contributed by atoms with Crippen LogP contribution in [0.2, 0.25) is 5.02 Å². The van der Waals surface area contributed by atoms with Crippen LogP contribution in [0.15, 0.2) is 36.4 Å². The van der Waals surface area contributed by atoms with Crippen LogP contribution < -0.4 is 0 Å². The van der Waals surface area contributed by atoms with Gasteiger partial charge in [-0.3, -0.25) is 14.5 Å². The van der Waals surface area contributed by atoms with Gasteiger partial charge in [0, 0.05) is 37.7 Å². The van der Waals surface area contributed by atoms with E-state index in [0.29, 0.717) is 13.1 Å². The first-order chi connectivity index (χ1) is 12.5. The van der Waals surface area contributed by atoms with Crippen molar-refractivity contribution in [2.45, 2.75) is 18.8 Å². The lowest BCUT2D eigenvalue weighted by molar-refractivity contribution is -0.150. The topological polar surface area (TPSA) is 70.1 Å². The number of hydrogen-bond donors (Lipinski definition) is 1. The van der Waals surface area contributed by atoms with Crippen LogP contribution >= 0.6 is 11.6 Å². The molecule has 1 aromatic rings. The summed E-state index contributed by atoms with van der Waals surface area (Å²) in [6.07, 6.45) is 2.69. The van der Waals surface area contributed by atoms with Gasteiger partial charge in [-0.05, 0) is 11.6 Å². The summed E-state index contributed by atoms with van der Waals surface area (Å²) >= 11 is 6.22. The van der Waals surface area contributed by atoms with Gasteiger partial charge in [0.1, 0.15) is 5.92 Å². The lowest BCUT2D eigenvalue weighted by Crippen LogP contribution is -2.52. The largest absolute Gasteiger partial charge is 0.481 e. The summed E-state index contributed by atoms with van der Waals surface area (Å²) in [5, 5.41) is 10.2. The molecule has 3 heterocycles. The van der Waals surface area contributed by atoms with Crippen LogP contribution in [0.1, 0.15) is 5.56 Å². The highest BCUT2D eigenvalue weighted by atomic mass is 35.5. The summed E-state index contributed by atoms with van der Waals surface area (Å²) in [5.74, 6) is -2.46. The summed E-state index contributed by atoms with van der Waals surface area (Å²) in [4.78, 5) is 28.5. The maximum Gasteiger partial charge on any atom is 0.310 e. The van der Waals surface area contributed by atoms with Gasteiger partial charge < -0.3 is 14.7 Å². The lowest BCUT2D eigenvalue weighted by Gasteiger charge is -2.37. The van der Waals surface area contributed by atoms with Crippen molar-refractivity contribution < 1.29 is 19.4 Å². The van der Waals surface area contributed by atoms with Gasteiger partial charge in [-0.2, -0.15) is 0 Å². The van der Waals surface area contributed by atoms with E-state index >= 15 is 0 Å². The van der Waals surface area contributed by atoms with Crippen LogP contribution in [-0.4, -0.2) is 65.2 Å². The number of carbonyl (C=O) groups is 2. The van der Waals surface area contributed by atoms with E-state index in [1.165, 1.54) is 0 Å². The molecule has 0 aromatic heterocycles. The van der Waals surface area contributed by atoms with Crippen molar-refractivity contribution in [1.29, 1.82) is 0 Å². The van der Waals surface area contributed by atoms with E-state index in [2.05, 4.69) is 4.90 Å². The minimum atomic E-state index is -0.961.